The summed E-state index contributed by atoms with van der Waals surface area (Å²) in [6, 6.07) is 0. The summed E-state index contributed by atoms with van der Waals surface area (Å²) in [4.78, 5) is 0. The van der Waals surface area contributed by atoms with Gasteiger partial charge in [-0.3, -0.25) is 0 Å². The van der Waals surface area contributed by atoms with Crippen molar-refractivity contribution in [1.29, 1.82) is 0 Å². The molecule has 0 heterocycles. The second-order valence-electron chi connectivity index (χ2n) is 22.7. The van der Waals surface area contributed by atoms with Crippen LogP contribution < -0.4 is 0 Å². The number of rotatable bonds is 9. The van der Waals surface area contributed by atoms with E-state index in [4.69, 9.17) is 0 Å². The van der Waals surface area contributed by atoms with Crippen LogP contribution in [0.25, 0.3) is 0 Å². The van der Waals surface area contributed by atoms with Gasteiger partial charge in [-0.25, -0.2) is 0 Å². The van der Waals surface area contributed by atoms with E-state index in [2.05, 4.69) is 131 Å². The lowest BCUT2D eigenvalue weighted by Gasteiger charge is -2.55. The lowest BCUT2D eigenvalue weighted by atomic mass is 9.50. The van der Waals surface area contributed by atoms with Gasteiger partial charge in [0.25, 0.3) is 0 Å². The molecule has 6 saturated carbocycles. The van der Waals surface area contributed by atoms with Gasteiger partial charge in [0.15, 0.2) is 0 Å². The first kappa shape index (κ1) is 45.6. The molecule has 0 unspecified atom stereocenters. The molecule has 0 aromatic heterocycles. The standard InChI is InChI=1S/2C28H44O/c1-18(2)19(3)7-8-20(4)24-11-12-25-23-10-9-21-17-22(29)13-15-27(21,5)26(23)14-16-28(24,25)6;1-19(2)20(3)9-10-22(5)26-15-16-27-23(8-7-17-28(26,27)6)12-13-24-18-25(29)14-11-21(24)4/h7-10,18-20,22,24-26,29H,11-17H2,1-6H3;9-10,12-13,19-20,22,25-27,29H,4,7-8,11,14-18H2,1-3,5-6H3/b8-7+;10-9+,23-12+,24-13-/t19-,20+,22-,24+,25-,26-,27-,28+;20-,22+,25-,26+,27-,28+/m00/s1. The van der Waals surface area contributed by atoms with E-state index in [0.29, 0.717) is 39.9 Å². The summed E-state index contributed by atoms with van der Waals surface area (Å²) in [5.74, 6) is 7.96. The van der Waals surface area contributed by atoms with Crippen molar-refractivity contribution in [2.45, 2.75) is 185 Å². The summed E-state index contributed by atoms with van der Waals surface area (Å²) in [6.07, 6.45) is 37.2. The van der Waals surface area contributed by atoms with E-state index in [9.17, 15) is 10.2 Å². The van der Waals surface area contributed by atoms with Crippen molar-refractivity contribution in [2.75, 3.05) is 0 Å². The van der Waals surface area contributed by atoms with Crippen LogP contribution in [0, 0.1) is 81.3 Å². The third-order valence-electron chi connectivity index (χ3n) is 18.7. The van der Waals surface area contributed by atoms with Crippen LogP contribution >= 0.6 is 0 Å². The SMILES string of the molecule is C=C1CC[C@H](O)C/C1=C/C=C1\CCC[C@]2(C)[C@@H]([C@H](C)/C=C/[C@H](C)C(C)C)CC[C@@H]12.CC(C)[C@@H](C)/C=C/[C@@H](C)[C@H]1CC[C@H]2C3=CC=C4C[C@@H](O)CC[C@]4(C)[C@H]3CC[C@]12C. The molecule has 14 atom stereocenters. The molecule has 7 aliphatic carbocycles. The lowest BCUT2D eigenvalue weighted by molar-refractivity contribution is 0.0382. The highest BCUT2D eigenvalue weighted by molar-refractivity contribution is 5.39. The molecule has 0 saturated heterocycles. The molecule has 0 radical (unpaired) electrons. The van der Waals surface area contributed by atoms with E-state index < -0.39 is 0 Å². The normalized spacial score (nSPS) is 41.1. The first-order valence-corrected chi connectivity index (χ1v) is 24.6. The van der Waals surface area contributed by atoms with Crippen LogP contribution in [-0.2, 0) is 0 Å². The summed E-state index contributed by atoms with van der Waals surface area (Å²) >= 11 is 0. The molecule has 2 heteroatoms. The Morgan fingerprint density at radius 2 is 1.19 bits per heavy atom. The summed E-state index contributed by atoms with van der Waals surface area (Å²) in [5, 5.41) is 20.2. The minimum Gasteiger partial charge on any atom is -0.393 e. The van der Waals surface area contributed by atoms with Gasteiger partial charge in [-0.2, -0.15) is 0 Å². The van der Waals surface area contributed by atoms with Crippen LogP contribution in [0.15, 0.2) is 83.1 Å². The maximum Gasteiger partial charge on any atom is 0.0583 e. The molecule has 58 heavy (non-hydrogen) atoms. The quantitative estimate of drug-likeness (QED) is 0.228. The Morgan fingerprint density at radius 1 is 0.603 bits per heavy atom. The van der Waals surface area contributed by atoms with Crippen LogP contribution in [0.2, 0.25) is 0 Å². The molecule has 7 aliphatic rings. The van der Waals surface area contributed by atoms with Gasteiger partial charge >= 0.3 is 0 Å². The fraction of sp³-hybridized carbons (Fsp3) is 0.750. The summed E-state index contributed by atoms with van der Waals surface area (Å²) in [7, 11) is 0. The Labute approximate surface area is 358 Å². The predicted octanol–water partition coefficient (Wildman–Crippen LogP) is 15.0. The molecule has 0 aliphatic heterocycles. The van der Waals surface area contributed by atoms with E-state index in [1.165, 1.54) is 80.9 Å². The zero-order valence-electron chi connectivity index (χ0n) is 39.3. The number of hydrogen-bond donors (Lipinski definition) is 2. The Kier molecular flexibility index (Phi) is 14.6. The van der Waals surface area contributed by atoms with Crippen molar-refractivity contribution < 1.29 is 10.2 Å². The number of hydrogen-bond acceptors (Lipinski definition) is 2. The molecular formula is C56H88O2. The van der Waals surface area contributed by atoms with Crippen LogP contribution in [0.1, 0.15) is 172 Å². The van der Waals surface area contributed by atoms with Gasteiger partial charge in [-0.1, -0.05) is 154 Å². The number of aliphatic hydroxyl groups is 2. The third-order valence-corrected chi connectivity index (χ3v) is 18.7. The highest BCUT2D eigenvalue weighted by Crippen LogP contribution is 2.66. The molecule has 2 nitrogen and oxygen atoms in total. The number of fused-ring (bicyclic) bond motifs is 6. The maximum atomic E-state index is 10.2. The lowest BCUT2D eigenvalue weighted by Crippen LogP contribution is -2.46. The van der Waals surface area contributed by atoms with E-state index in [0.717, 1.165) is 73.5 Å². The van der Waals surface area contributed by atoms with Crippen molar-refractivity contribution >= 4 is 0 Å². The average molecular weight is 793 g/mol. The first-order valence-electron chi connectivity index (χ1n) is 24.6. The molecule has 0 aromatic carbocycles. The van der Waals surface area contributed by atoms with Gasteiger partial charge in [-0.05, 0) is 183 Å². The molecule has 2 N–H and O–H groups in total. The Balaban J connectivity index is 0.000000196. The Bertz CT molecular complexity index is 1630. The van der Waals surface area contributed by atoms with E-state index >= 15 is 0 Å². The fourth-order valence-corrected chi connectivity index (χ4v) is 13.8. The van der Waals surface area contributed by atoms with Crippen LogP contribution in [0.3, 0.4) is 0 Å². The van der Waals surface area contributed by atoms with Crippen molar-refractivity contribution in [1.82, 2.24) is 0 Å². The van der Waals surface area contributed by atoms with Crippen molar-refractivity contribution in [2.24, 2.45) is 81.3 Å². The van der Waals surface area contributed by atoms with E-state index in [1.807, 2.05) is 0 Å². The summed E-state index contributed by atoms with van der Waals surface area (Å²) < 4.78 is 0. The smallest absolute Gasteiger partial charge is 0.0583 e. The molecule has 7 rings (SSSR count). The molecule has 6 fully saturated rings. The molecule has 324 valence electrons. The Hall–Kier alpha value is -1.90. The molecule has 0 amide bonds. The zero-order chi connectivity index (χ0) is 42.2. The van der Waals surface area contributed by atoms with E-state index in [1.54, 1.807) is 11.1 Å². The highest BCUT2D eigenvalue weighted by Gasteiger charge is 2.57. The van der Waals surface area contributed by atoms with E-state index in [-0.39, 0.29) is 12.2 Å². The van der Waals surface area contributed by atoms with Crippen molar-refractivity contribution in [3.05, 3.63) is 83.1 Å². The largest absolute Gasteiger partial charge is 0.393 e. The summed E-state index contributed by atoms with van der Waals surface area (Å²) in [6.45, 7) is 30.9. The third kappa shape index (κ3) is 9.30. The van der Waals surface area contributed by atoms with Gasteiger partial charge in [-0.15, -0.1) is 0 Å². The summed E-state index contributed by atoms with van der Waals surface area (Å²) in [5.41, 5.74) is 8.68. The second kappa shape index (κ2) is 18.6. The molecule has 0 aromatic rings. The van der Waals surface area contributed by atoms with Crippen LogP contribution in [0.4, 0.5) is 0 Å². The monoisotopic (exact) mass is 793 g/mol. The van der Waals surface area contributed by atoms with Crippen molar-refractivity contribution in [3.8, 4) is 0 Å². The minimum atomic E-state index is -0.182. The molecular weight excluding hydrogens is 705 g/mol. The topological polar surface area (TPSA) is 40.5 Å². The molecule has 0 bridgehead atoms. The first-order chi connectivity index (χ1) is 27.4. The van der Waals surface area contributed by atoms with Gasteiger partial charge in [0.05, 0.1) is 12.2 Å². The predicted molar refractivity (Wildman–Crippen MR) is 249 cm³/mol. The van der Waals surface area contributed by atoms with Crippen molar-refractivity contribution in [3.63, 3.8) is 0 Å². The van der Waals surface area contributed by atoms with Gasteiger partial charge in [0.1, 0.15) is 0 Å². The second-order valence-corrected chi connectivity index (χ2v) is 22.7. The minimum absolute atomic E-state index is 0.116. The Morgan fingerprint density at radius 3 is 1.81 bits per heavy atom. The average Bonchev–Trinajstić information content (AvgIpc) is 3.73. The number of aliphatic hydroxyl groups excluding tert-OH is 2. The van der Waals surface area contributed by atoms with Gasteiger partial charge < -0.3 is 10.2 Å². The van der Waals surface area contributed by atoms with Crippen LogP contribution in [-0.4, -0.2) is 22.4 Å². The van der Waals surface area contributed by atoms with Gasteiger partial charge in [0.2, 0.25) is 0 Å². The highest BCUT2D eigenvalue weighted by atomic mass is 16.3. The molecule has 0 spiro atoms. The van der Waals surface area contributed by atoms with Gasteiger partial charge in [0, 0.05) is 0 Å². The zero-order valence-corrected chi connectivity index (χ0v) is 39.3. The maximum absolute atomic E-state index is 10.2. The van der Waals surface area contributed by atoms with Crippen LogP contribution in [0.5, 0.6) is 0 Å². The number of allylic oxidation sites excluding steroid dienone is 11. The fourth-order valence-electron chi connectivity index (χ4n) is 13.8.